The van der Waals surface area contributed by atoms with Crippen LogP contribution in [0.2, 0.25) is 4.34 Å². The normalized spacial score (nSPS) is 10.5. The number of hydrogen-bond donors (Lipinski definition) is 2. The van der Waals surface area contributed by atoms with Crippen molar-refractivity contribution in [2.75, 3.05) is 11.9 Å². The van der Waals surface area contributed by atoms with Gasteiger partial charge in [-0.3, -0.25) is 5.41 Å². The maximum Gasteiger partial charge on any atom is 0.126 e. The molecule has 0 fully saturated rings. The Hall–Kier alpha value is -1.04. The number of nitrogens with one attached hydrogen (secondary N) is 1. The average Bonchev–Trinajstić information content (AvgIpc) is 2.73. The highest BCUT2D eigenvalue weighted by Crippen LogP contribution is 2.29. The van der Waals surface area contributed by atoms with E-state index < -0.39 is 0 Å². The second-order valence-electron chi connectivity index (χ2n) is 4.11. The van der Waals surface area contributed by atoms with Gasteiger partial charge in [-0.05, 0) is 40.2 Å². The van der Waals surface area contributed by atoms with Gasteiger partial charge < -0.3 is 10.6 Å². The van der Waals surface area contributed by atoms with Gasteiger partial charge in [-0.15, -0.1) is 11.3 Å². The minimum Gasteiger partial charge on any atom is -0.384 e. The summed E-state index contributed by atoms with van der Waals surface area (Å²) >= 11 is 10.9. The van der Waals surface area contributed by atoms with Gasteiger partial charge in [0, 0.05) is 22.1 Å². The Kier molecular flexibility index (Phi) is 4.50. The molecule has 19 heavy (non-hydrogen) atoms. The highest BCUT2D eigenvalue weighted by atomic mass is 79.9. The third kappa shape index (κ3) is 3.29. The molecule has 0 spiro atoms. The van der Waals surface area contributed by atoms with Crippen LogP contribution in [0.25, 0.3) is 0 Å². The molecule has 0 saturated heterocycles. The second-order valence-corrected chi connectivity index (χ2v) is 6.76. The largest absolute Gasteiger partial charge is 0.384 e. The molecule has 1 aromatic heterocycles. The Morgan fingerprint density at radius 3 is 2.74 bits per heavy atom. The zero-order chi connectivity index (χ0) is 14.0. The van der Waals surface area contributed by atoms with E-state index in [-0.39, 0.29) is 5.84 Å². The van der Waals surface area contributed by atoms with Crippen molar-refractivity contribution in [3.8, 4) is 0 Å². The van der Waals surface area contributed by atoms with Crippen LogP contribution in [0.15, 0.2) is 34.8 Å². The quantitative estimate of drug-likeness (QED) is 0.639. The van der Waals surface area contributed by atoms with Crippen molar-refractivity contribution in [3.63, 3.8) is 0 Å². The molecule has 3 N–H and O–H groups in total. The Morgan fingerprint density at radius 1 is 1.42 bits per heavy atom. The molecule has 0 aliphatic rings. The highest BCUT2D eigenvalue weighted by Gasteiger charge is 2.13. The predicted molar refractivity (Wildman–Crippen MR) is 86.6 cm³/mol. The molecule has 0 unspecified atom stereocenters. The monoisotopic (exact) mass is 357 g/mol. The summed E-state index contributed by atoms with van der Waals surface area (Å²) in [7, 11) is 1.97. The number of rotatable bonds is 4. The Balaban J connectivity index is 2.31. The van der Waals surface area contributed by atoms with Crippen LogP contribution in [0.1, 0.15) is 10.4 Å². The molecule has 0 aliphatic carbocycles. The molecule has 0 saturated carbocycles. The van der Waals surface area contributed by atoms with Crippen LogP contribution in [0.3, 0.4) is 0 Å². The van der Waals surface area contributed by atoms with Crippen molar-refractivity contribution >= 4 is 50.4 Å². The summed E-state index contributed by atoms with van der Waals surface area (Å²) in [4.78, 5) is 3.23. The summed E-state index contributed by atoms with van der Waals surface area (Å²) in [6.45, 7) is 0.730. The van der Waals surface area contributed by atoms with Gasteiger partial charge in [0.2, 0.25) is 0 Å². The van der Waals surface area contributed by atoms with Gasteiger partial charge in [0.05, 0.1) is 16.4 Å². The number of amidine groups is 1. The van der Waals surface area contributed by atoms with Crippen molar-refractivity contribution < 1.29 is 0 Å². The van der Waals surface area contributed by atoms with Crippen LogP contribution < -0.4 is 10.6 Å². The van der Waals surface area contributed by atoms with E-state index in [4.69, 9.17) is 22.7 Å². The first-order chi connectivity index (χ1) is 8.99. The van der Waals surface area contributed by atoms with Gasteiger partial charge in [-0.2, -0.15) is 0 Å². The highest BCUT2D eigenvalue weighted by molar-refractivity contribution is 9.10. The number of thiophene rings is 1. The van der Waals surface area contributed by atoms with E-state index >= 15 is 0 Å². The molecule has 0 amide bonds. The minimum atomic E-state index is 0.0542. The topological polar surface area (TPSA) is 53.1 Å². The van der Waals surface area contributed by atoms with Gasteiger partial charge in [0.1, 0.15) is 5.84 Å². The van der Waals surface area contributed by atoms with Gasteiger partial charge in [0.25, 0.3) is 0 Å². The maximum absolute atomic E-state index is 7.70. The number of anilines is 1. The number of nitrogens with zero attached hydrogens (tertiary/aromatic N) is 1. The summed E-state index contributed by atoms with van der Waals surface area (Å²) < 4.78 is 1.61. The van der Waals surface area contributed by atoms with Crippen molar-refractivity contribution in [2.45, 2.75) is 6.54 Å². The van der Waals surface area contributed by atoms with Gasteiger partial charge >= 0.3 is 0 Å². The van der Waals surface area contributed by atoms with Crippen molar-refractivity contribution in [2.24, 2.45) is 5.73 Å². The molecule has 0 radical (unpaired) electrons. The summed E-state index contributed by atoms with van der Waals surface area (Å²) in [5, 5.41) is 7.70. The lowest BCUT2D eigenvalue weighted by molar-refractivity contribution is 0.937. The van der Waals surface area contributed by atoms with Crippen LogP contribution in [0.4, 0.5) is 5.69 Å². The molecule has 3 nitrogen and oxygen atoms in total. The predicted octanol–water partition coefficient (Wildman–Crippen LogP) is 4.08. The van der Waals surface area contributed by atoms with E-state index in [1.165, 1.54) is 4.88 Å². The van der Waals surface area contributed by atoms with Crippen LogP contribution >= 0.6 is 38.9 Å². The van der Waals surface area contributed by atoms with Crippen molar-refractivity contribution in [3.05, 3.63) is 49.6 Å². The third-order valence-electron chi connectivity index (χ3n) is 2.69. The number of hydrogen-bond acceptors (Lipinski definition) is 3. The van der Waals surface area contributed by atoms with Crippen LogP contribution in [0.5, 0.6) is 0 Å². The number of nitrogen functional groups attached to an aromatic ring is 1. The van der Waals surface area contributed by atoms with Gasteiger partial charge in [-0.25, -0.2) is 0 Å². The molecule has 0 aliphatic heterocycles. The fraction of sp³-hybridized carbons (Fsp3) is 0.154. The van der Waals surface area contributed by atoms with E-state index in [9.17, 15) is 0 Å². The number of halogens is 2. The van der Waals surface area contributed by atoms with Crippen molar-refractivity contribution in [1.29, 1.82) is 5.41 Å². The zero-order valence-corrected chi connectivity index (χ0v) is 13.4. The first-order valence-electron chi connectivity index (χ1n) is 5.57. The summed E-state index contributed by atoms with van der Waals surface area (Å²) in [5.41, 5.74) is 7.30. The average molecular weight is 359 g/mol. The molecular formula is C13H13BrClN3S. The van der Waals surface area contributed by atoms with E-state index in [1.807, 2.05) is 37.4 Å². The summed E-state index contributed by atoms with van der Waals surface area (Å²) in [6, 6.07) is 9.67. The SMILES string of the molecule is CN(Cc1ccc(Cl)s1)c1cccc(Br)c1C(=N)N. The van der Waals surface area contributed by atoms with Crippen molar-refractivity contribution in [1.82, 2.24) is 0 Å². The summed E-state index contributed by atoms with van der Waals surface area (Å²) in [6.07, 6.45) is 0. The Labute approximate surface area is 129 Å². The molecule has 0 bridgehead atoms. The fourth-order valence-corrected chi connectivity index (χ4v) is 3.56. The molecule has 6 heteroatoms. The van der Waals surface area contributed by atoms with Crippen LogP contribution in [-0.4, -0.2) is 12.9 Å². The molecule has 1 aromatic carbocycles. The first kappa shape index (κ1) is 14.4. The third-order valence-corrected chi connectivity index (χ3v) is 4.57. The van der Waals surface area contributed by atoms with E-state index in [0.29, 0.717) is 5.56 Å². The molecule has 1 heterocycles. The minimum absolute atomic E-state index is 0.0542. The van der Waals surface area contributed by atoms with E-state index in [2.05, 4.69) is 20.8 Å². The van der Waals surface area contributed by atoms with Gasteiger partial charge in [0.15, 0.2) is 0 Å². The zero-order valence-electron chi connectivity index (χ0n) is 10.3. The maximum atomic E-state index is 7.70. The smallest absolute Gasteiger partial charge is 0.126 e. The van der Waals surface area contributed by atoms with Gasteiger partial charge in [-0.1, -0.05) is 17.7 Å². The van der Waals surface area contributed by atoms with Crippen LogP contribution in [0, 0.1) is 5.41 Å². The summed E-state index contributed by atoms with van der Waals surface area (Å²) in [5.74, 6) is 0.0542. The molecular weight excluding hydrogens is 346 g/mol. The first-order valence-corrected chi connectivity index (χ1v) is 7.56. The molecule has 2 rings (SSSR count). The van der Waals surface area contributed by atoms with Crippen LogP contribution in [-0.2, 0) is 6.54 Å². The second kappa shape index (κ2) is 5.94. The molecule has 0 atom stereocenters. The standard InChI is InChI=1S/C13H13BrClN3S/c1-18(7-8-5-6-11(15)19-8)10-4-2-3-9(14)12(10)13(16)17/h2-6H,7H2,1H3,(H3,16,17). The lowest BCUT2D eigenvalue weighted by atomic mass is 10.1. The Bertz CT molecular complexity index is 612. The lowest BCUT2D eigenvalue weighted by Crippen LogP contribution is -2.22. The van der Waals surface area contributed by atoms with E-state index in [0.717, 1.165) is 21.0 Å². The lowest BCUT2D eigenvalue weighted by Gasteiger charge is -2.22. The number of benzene rings is 1. The van der Waals surface area contributed by atoms with E-state index in [1.54, 1.807) is 11.3 Å². The number of nitrogens with two attached hydrogens (primary N) is 1. The molecule has 2 aromatic rings. The fourth-order valence-electron chi connectivity index (χ4n) is 1.85. The Morgan fingerprint density at radius 2 is 2.16 bits per heavy atom. The molecule has 100 valence electrons.